The van der Waals surface area contributed by atoms with Gasteiger partial charge in [-0.2, -0.15) is 0 Å². The molecule has 2 N–H and O–H groups in total. The second kappa shape index (κ2) is 5.70. The molecule has 1 rings (SSSR count). The van der Waals surface area contributed by atoms with Crippen LogP contribution in [0.1, 0.15) is 32.4 Å². The van der Waals surface area contributed by atoms with Gasteiger partial charge in [0.05, 0.1) is 12.1 Å². The summed E-state index contributed by atoms with van der Waals surface area (Å²) in [4.78, 5) is 14.7. The molecule has 0 aliphatic heterocycles. The van der Waals surface area contributed by atoms with E-state index in [0.29, 0.717) is 11.7 Å². The van der Waals surface area contributed by atoms with Gasteiger partial charge in [0.1, 0.15) is 0 Å². The summed E-state index contributed by atoms with van der Waals surface area (Å²) in [5.41, 5.74) is 0.626. The first-order valence-corrected chi connectivity index (χ1v) is 5.96. The molecule has 4 nitrogen and oxygen atoms in total. The number of nitrogens with one attached hydrogen (secondary N) is 1. The van der Waals surface area contributed by atoms with Gasteiger partial charge in [0, 0.05) is 11.4 Å². The lowest BCUT2D eigenvalue weighted by Crippen LogP contribution is -2.16. The van der Waals surface area contributed by atoms with Gasteiger partial charge in [0.15, 0.2) is 5.13 Å². The monoisotopic (exact) mass is 228 g/mol. The normalized spacial score (nSPS) is 10.6. The first-order valence-electron chi connectivity index (χ1n) is 5.08. The number of hydrogen-bond donors (Lipinski definition) is 2. The Morgan fingerprint density at radius 1 is 1.60 bits per heavy atom. The molecule has 0 bridgehead atoms. The van der Waals surface area contributed by atoms with Crippen molar-refractivity contribution >= 4 is 22.4 Å². The lowest BCUT2D eigenvalue weighted by molar-refractivity contribution is -0.136. The van der Waals surface area contributed by atoms with Gasteiger partial charge in [0.25, 0.3) is 0 Å². The Kier molecular flexibility index (Phi) is 4.55. The largest absolute Gasteiger partial charge is 0.481 e. The fourth-order valence-electron chi connectivity index (χ4n) is 1.28. The summed E-state index contributed by atoms with van der Waals surface area (Å²) in [6.07, 6.45) is 2.09. The maximum atomic E-state index is 10.5. The molecule has 0 aliphatic rings. The second-order valence-corrected chi connectivity index (χ2v) is 4.23. The molecule has 5 heteroatoms. The number of anilines is 1. The van der Waals surface area contributed by atoms with Gasteiger partial charge in [-0.25, -0.2) is 4.98 Å². The average molecular weight is 228 g/mol. The molecule has 0 spiro atoms. The van der Waals surface area contributed by atoms with E-state index in [4.69, 9.17) is 5.11 Å². The van der Waals surface area contributed by atoms with Crippen LogP contribution < -0.4 is 5.32 Å². The average Bonchev–Trinajstić information content (AvgIpc) is 2.61. The predicted octanol–water partition coefficient (Wildman–Crippen LogP) is 2.37. The van der Waals surface area contributed by atoms with Crippen molar-refractivity contribution in [3.8, 4) is 0 Å². The van der Waals surface area contributed by atoms with Crippen LogP contribution in [0.5, 0.6) is 0 Å². The van der Waals surface area contributed by atoms with Crippen molar-refractivity contribution in [2.24, 2.45) is 0 Å². The van der Waals surface area contributed by atoms with Crippen molar-refractivity contribution in [2.45, 2.75) is 39.2 Å². The number of carbonyl (C=O) groups is 1. The minimum absolute atomic E-state index is 0.00109. The molecule has 0 amide bonds. The zero-order chi connectivity index (χ0) is 11.3. The molecule has 1 aromatic heterocycles. The van der Waals surface area contributed by atoms with Crippen molar-refractivity contribution in [2.75, 3.05) is 5.32 Å². The minimum Gasteiger partial charge on any atom is -0.481 e. The summed E-state index contributed by atoms with van der Waals surface area (Å²) in [6, 6.07) is 0.425. The Labute approximate surface area is 93.4 Å². The molecule has 0 saturated carbocycles. The first-order chi connectivity index (χ1) is 7.15. The lowest BCUT2D eigenvalue weighted by atomic mass is 10.2. The number of thiazole rings is 1. The highest BCUT2D eigenvalue weighted by Crippen LogP contribution is 2.18. The molecule has 0 aliphatic carbocycles. The van der Waals surface area contributed by atoms with Crippen LogP contribution in [-0.4, -0.2) is 22.1 Å². The highest BCUT2D eigenvalue weighted by Gasteiger charge is 2.08. The Morgan fingerprint density at radius 2 is 2.27 bits per heavy atom. The molecule has 0 radical (unpaired) electrons. The molecule has 0 aromatic carbocycles. The third-order valence-electron chi connectivity index (χ3n) is 2.20. The Morgan fingerprint density at radius 3 is 2.80 bits per heavy atom. The maximum absolute atomic E-state index is 10.5. The van der Waals surface area contributed by atoms with E-state index in [9.17, 15) is 4.79 Å². The Balaban J connectivity index is 2.55. The molecule has 1 aromatic rings. The van der Waals surface area contributed by atoms with Gasteiger partial charge in [-0.1, -0.05) is 13.8 Å². The van der Waals surface area contributed by atoms with Crippen LogP contribution in [0.3, 0.4) is 0 Å². The standard InChI is InChI=1S/C10H16N2O2S/c1-3-7(4-2)11-10-12-8(6-15-10)5-9(13)14/h6-7H,3-5H2,1-2H3,(H,11,12)(H,13,14). The molecule has 15 heavy (non-hydrogen) atoms. The predicted molar refractivity (Wildman–Crippen MR) is 61.4 cm³/mol. The summed E-state index contributed by atoms with van der Waals surface area (Å²) in [5.74, 6) is -0.839. The van der Waals surface area contributed by atoms with E-state index < -0.39 is 5.97 Å². The summed E-state index contributed by atoms with van der Waals surface area (Å²) < 4.78 is 0. The van der Waals surface area contributed by atoms with Gasteiger partial charge in [-0.05, 0) is 12.8 Å². The third kappa shape index (κ3) is 3.87. The van der Waals surface area contributed by atoms with Crippen LogP contribution in [0.15, 0.2) is 5.38 Å². The molecule has 0 atom stereocenters. The first kappa shape index (κ1) is 12.0. The molecule has 0 unspecified atom stereocenters. The van der Waals surface area contributed by atoms with Gasteiger partial charge in [-0.15, -0.1) is 11.3 Å². The van der Waals surface area contributed by atoms with E-state index in [2.05, 4.69) is 24.1 Å². The molecule has 0 saturated heterocycles. The van der Waals surface area contributed by atoms with E-state index in [1.807, 2.05) is 0 Å². The van der Waals surface area contributed by atoms with Crippen LogP contribution in [0.25, 0.3) is 0 Å². The van der Waals surface area contributed by atoms with Crippen LogP contribution in [0, 0.1) is 0 Å². The topological polar surface area (TPSA) is 62.2 Å². The van der Waals surface area contributed by atoms with Crippen molar-refractivity contribution in [1.82, 2.24) is 4.98 Å². The fourth-order valence-corrected chi connectivity index (χ4v) is 2.07. The van der Waals surface area contributed by atoms with Crippen molar-refractivity contribution < 1.29 is 9.90 Å². The van der Waals surface area contributed by atoms with E-state index in [1.165, 1.54) is 11.3 Å². The van der Waals surface area contributed by atoms with Gasteiger partial charge < -0.3 is 10.4 Å². The van der Waals surface area contributed by atoms with Gasteiger partial charge >= 0.3 is 5.97 Å². The van der Waals surface area contributed by atoms with Crippen LogP contribution in [-0.2, 0) is 11.2 Å². The van der Waals surface area contributed by atoms with E-state index in [-0.39, 0.29) is 6.42 Å². The van der Waals surface area contributed by atoms with Crippen LogP contribution >= 0.6 is 11.3 Å². The molecular weight excluding hydrogens is 212 g/mol. The Hall–Kier alpha value is -1.10. The number of carboxylic acids is 1. The van der Waals surface area contributed by atoms with Gasteiger partial charge in [0.2, 0.25) is 0 Å². The zero-order valence-electron chi connectivity index (χ0n) is 8.99. The van der Waals surface area contributed by atoms with E-state index in [1.54, 1.807) is 5.38 Å². The van der Waals surface area contributed by atoms with Crippen molar-refractivity contribution in [3.05, 3.63) is 11.1 Å². The SMILES string of the molecule is CCC(CC)Nc1nc(CC(=O)O)cs1. The van der Waals surface area contributed by atoms with Crippen LogP contribution in [0.4, 0.5) is 5.13 Å². The summed E-state index contributed by atoms with van der Waals surface area (Å²) in [5, 5.41) is 14.5. The minimum atomic E-state index is -0.839. The van der Waals surface area contributed by atoms with Crippen LogP contribution in [0.2, 0.25) is 0 Å². The molecular formula is C10H16N2O2S. The fraction of sp³-hybridized carbons (Fsp3) is 0.600. The molecule has 84 valence electrons. The number of aromatic nitrogens is 1. The Bertz CT molecular complexity index is 321. The van der Waals surface area contributed by atoms with E-state index in [0.717, 1.165) is 18.0 Å². The van der Waals surface area contributed by atoms with E-state index >= 15 is 0 Å². The number of carboxylic acid groups (broad SMARTS) is 1. The molecule has 0 fully saturated rings. The number of rotatable bonds is 6. The van der Waals surface area contributed by atoms with Gasteiger partial charge in [-0.3, -0.25) is 4.79 Å². The number of hydrogen-bond acceptors (Lipinski definition) is 4. The number of nitrogens with zero attached hydrogens (tertiary/aromatic N) is 1. The smallest absolute Gasteiger partial charge is 0.309 e. The van der Waals surface area contributed by atoms with Crippen molar-refractivity contribution in [3.63, 3.8) is 0 Å². The highest BCUT2D eigenvalue weighted by molar-refractivity contribution is 7.13. The molecule has 1 heterocycles. The van der Waals surface area contributed by atoms with Crippen molar-refractivity contribution in [1.29, 1.82) is 0 Å². The summed E-state index contributed by atoms with van der Waals surface area (Å²) >= 11 is 1.47. The second-order valence-electron chi connectivity index (χ2n) is 3.37. The summed E-state index contributed by atoms with van der Waals surface area (Å²) in [7, 11) is 0. The quantitative estimate of drug-likeness (QED) is 0.784. The third-order valence-corrected chi connectivity index (χ3v) is 3.02. The highest BCUT2D eigenvalue weighted by atomic mass is 32.1. The zero-order valence-corrected chi connectivity index (χ0v) is 9.80. The lowest BCUT2D eigenvalue weighted by Gasteiger charge is -2.12. The number of aliphatic carboxylic acids is 1. The maximum Gasteiger partial charge on any atom is 0.309 e. The summed E-state index contributed by atoms with van der Waals surface area (Å²) in [6.45, 7) is 4.24.